The number of esters is 2. The number of aliphatic carboxylic acids is 1. The number of rotatable bonds is 27. The predicted molar refractivity (Wildman–Crippen MR) is 147 cm³/mol. The monoisotopic (exact) mass is 528 g/mol. The third kappa shape index (κ3) is 22.1. The molecule has 0 spiro atoms. The van der Waals surface area contributed by atoms with E-state index in [2.05, 4.69) is 13.8 Å². The molecule has 0 fully saturated rings. The molecule has 0 rings (SSSR count). The number of carbonyl (C=O) groups excluding carboxylic acids is 2. The van der Waals surface area contributed by atoms with Crippen LogP contribution in [0.1, 0.15) is 155 Å². The van der Waals surface area contributed by atoms with E-state index in [0.717, 1.165) is 25.7 Å². The average molecular weight is 529 g/mol. The van der Waals surface area contributed by atoms with Crippen molar-refractivity contribution >= 4 is 17.9 Å². The molecule has 0 atom stereocenters. The number of carbonyl (C=O) groups is 3. The van der Waals surface area contributed by atoms with Crippen molar-refractivity contribution in [3.8, 4) is 0 Å². The molecule has 218 valence electrons. The second kappa shape index (κ2) is 24.7. The van der Waals surface area contributed by atoms with Gasteiger partial charge in [0.1, 0.15) is 0 Å². The highest BCUT2D eigenvalue weighted by Gasteiger charge is 2.42. The summed E-state index contributed by atoms with van der Waals surface area (Å²) in [6.07, 6.45) is 21.6. The van der Waals surface area contributed by atoms with Crippen molar-refractivity contribution < 1.29 is 34.1 Å². The van der Waals surface area contributed by atoms with Gasteiger partial charge in [0.2, 0.25) is 0 Å². The standard InChI is InChI=1S/C30H56O7/c1-3-5-7-9-11-13-15-17-19-21-23-36-27(31)25-30(35,29(33)34)26-28(32)37-24-22-20-18-16-14-12-10-8-6-4-2/h35H,3-26H2,1-2H3,(H,33,34). The van der Waals surface area contributed by atoms with Crippen LogP contribution in [0.25, 0.3) is 0 Å². The summed E-state index contributed by atoms with van der Waals surface area (Å²) in [5, 5.41) is 19.8. The Hall–Kier alpha value is -1.63. The van der Waals surface area contributed by atoms with Gasteiger partial charge < -0.3 is 19.7 Å². The number of unbranched alkanes of at least 4 members (excludes halogenated alkanes) is 18. The fourth-order valence-corrected chi connectivity index (χ4v) is 4.34. The maximum atomic E-state index is 12.1. The smallest absolute Gasteiger partial charge is 0.336 e. The van der Waals surface area contributed by atoms with Gasteiger partial charge in [0.15, 0.2) is 5.60 Å². The Bertz CT molecular complexity index is 536. The van der Waals surface area contributed by atoms with Gasteiger partial charge in [0.05, 0.1) is 26.1 Å². The molecular weight excluding hydrogens is 472 g/mol. The number of hydrogen-bond donors (Lipinski definition) is 2. The number of carboxylic acids is 1. The van der Waals surface area contributed by atoms with E-state index in [1.807, 2.05) is 0 Å². The summed E-state index contributed by atoms with van der Waals surface area (Å²) >= 11 is 0. The van der Waals surface area contributed by atoms with Crippen molar-refractivity contribution in [1.82, 2.24) is 0 Å². The van der Waals surface area contributed by atoms with Gasteiger partial charge in [-0.25, -0.2) is 4.79 Å². The highest BCUT2D eigenvalue weighted by molar-refractivity contribution is 5.88. The van der Waals surface area contributed by atoms with E-state index in [9.17, 15) is 24.6 Å². The van der Waals surface area contributed by atoms with Crippen LogP contribution >= 0.6 is 0 Å². The summed E-state index contributed by atoms with van der Waals surface area (Å²) in [7, 11) is 0. The largest absolute Gasteiger partial charge is 0.479 e. The Morgan fingerprint density at radius 2 is 0.784 bits per heavy atom. The molecule has 7 heteroatoms. The predicted octanol–water partition coefficient (Wildman–Crippen LogP) is 7.51. The van der Waals surface area contributed by atoms with Crippen molar-refractivity contribution in [3.63, 3.8) is 0 Å². The Kier molecular flexibility index (Phi) is 23.6. The van der Waals surface area contributed by atoms with Gasteiger partial charge in [0.25, 0.3) is 0 Å². The normalized spacial score (nSPS) is 11.4. The zero-order valence-electron chi connectivity index (χ0n) is 23.9. The maximum absolute atomic E-state index is 12.1. The summed E-state index contributed by atoms with van der Waals surface area (Å²) in [5.41, 5.74) is -2.51. The molecule has 0 saturated heterocycles. The van der Waals surface area contributed by atoms with Gasteiger partial charge in [0, 0.05) is 0 Å². The molecule has 0 saturated carbocycles. The highest BCUT2D eigenvalue weighted by atomic mass is 16.5. The average Bonchev–Trinajstić information content (AvgIpc) is 2.85. The van der Waals surface area contributed by atoms with Gasteiger partial charge in [-0.2, -0.15) is 0 Å². The minimum absolute atomic E-state index is 0.189. The summed E-state index contributed by atoms with van der Waals surface area (Å²) in [6.45, 7) is 4.80. The summed E-state index contributed by atoms with van der Waals surface area (Å²) in [5.74, 6) is -3.26. The first-order chi connectivity index (χ1) is 17.9. The first-order valence-electron chi connectivity index (χ1n) is 15.1. The van der Waals surface area contributed by atoms with Crippen molar-refractivity contribution in [1.29, 1.82) is 0 Å². The Morgan fingerprint density at radius 3 is 1.05 bits per heavy atom. The zero-order chi connectivity index (χ0) is 27.6. The SMILES string of the molecule is CCCCCCCCCCCCOC(=O)CC(O)(CC(=O)OCCCCCCCCCCCC)C(=O)O. The minimum Gasteiger partial charge on any atom is -0.479 e. The number of aliphatic hydroxyl groups is 1. The Labute approximate surface area is 226 Å². The molecular formula is C30H56O7. The molecule has 0 aromatic rings. The minimum atomic E-state index is -2.51. The molecule has 0 radical (unpaired) electrons. The maximum Gasteiger partial charge on any atom is 0.336 e. The lowest BCUT2D eigenvalue weighted by atomic mass is 9.96. The number of carboxylic acid groups (broad SMARTS) is 1. The van der Waals surface area contributed by atoms with Gasteiger partial charge in [-0.05, 0) is 12.8 Å². The molecule has 0 aromatic heterocycles. The van der Waals surface area contributed by atoms with Crippen molar-refractivity contribution in [2.24, 2.45) is 0 Å². The van der Waals surface area contributed by atoms with E-state index in [1.54, 1.807) is 0 Å². The molecule has 7 nitrogen and oxygen atoms in total. The lowest BCUT2D eigenvalue weighted by Gasteiger charge is -2.21. The molecule has 2 N–H and O–H groups in total. The molecule has 0 amide bonds. The van der Waals surface area contributed by atoms with Gasteiger partial charge in [-0.3, -0.25) is 9.59 Å². The van der Waals surface area contributed by atoms with Gasteiger partial charge in [-0.15, -0.1) is 0 Å². The molecule has 0 unspecified atom stereocenters. The first kappa shape index (κ1) is 35.4. The van der Waals surface area contributed by atoms with E-state index < -0.39 is 36.4 Å². The Morgan fingerprint density at radius 1 is 0.514 bits per heavy atom. The van der Waals surface area contributed by atoms with Crippen molar-refractivity contribution in [3.05, 3.63) is 0 Å². The Balaban J connectivity index is 3.91. The van der Waals surface area contributed by atoms with E-state index in [-0.39, 0.29) is 13.2 Å². The summed E-state index contributed by atoms with van der Waals surface area (Å²) in [6, 6.07) is 0. The second-order valence-corrected chi connectivity index (χ2v) is 10.5. The molecule has 0 aliphatic rings. The number of hydrogen-bond acceptors (Lipinski definition) is 6. The lowest BCUT2D eigenvalue weighted by Crippen LogP contribution is -2.43. The molecule has 37 heavy (non-hydrogen) atoms. The van der Waals surface area contributed by atoms with E-state index in [1.165, 1.54) is 89.9 Å². The van der Waals surface area contributed by atoms with Crippen LogP contribution < -0.4 is 0 Å². The lowest BCUT2D eigenvalue weighted by molar-refractivity contribution is -0.173. The summed E-state index contributed by atoms with van der Waals surface area (Å²) in [4.78, 5) is 35.7. The fraction of sp³-hybridized carbons (Fsp3) is 0.900. The first-order valence-corrected chi connectivity index (χ1v) is 15.1. The zero-order valence-corrected chi connectivity index (χ0v) is 23.9. The molecule has 0 bridgehead atoms. The molecule has 0 heterocycles. The fourth-order valence-electron chi connectivity index (χ4n) is 4.34. The van der Waals surface area contributed by atoms with Crippen LogP contribution in [0.15, 0.2) is 0 Å². The molecule has 0 aromatic carbocycles. The van der Waals surface area contributed by atoms with Gasteiger partial charge in [-0.1, -0.05) is 129 Å². The van der Waals surface area contributed by atoms with Crippen LogP contribution in [-0.2, 0) is 23.9 Å². The third-order valence-corrected chi connectivity index (χ3v) is 6.79. The molecule has 0 aliphatic heterocycles. The van der Waals surface area contributed by atoms with Crippen LogP contribution in [-0.4, -0.2) is 46.9 Å². The van der Waals surface area contributed by atoms with E-state index in [4.69, 9.17) is 9.47 Å². The quantitative estimate of drug-likeness (QED) is 0.0838. The van der Waals surface area contributed by atoms with Gasteiger partial charge >= 0.3 is 17.9 Å². The van der Waals surface area contributed by atoms with Crippen LogP contribution in [0.5, 0.6) is 0 Å². The van der Waals surface area contributed by atoms with Crippen LogP contribution in [0.2, 0.25) is 0 Å². The van der Waals surface area contributed by atoms with Crippen molar-refractivity contribution in [2.45, 2.75) is 161 Å². The van der Waals surface area contributed by atoms with E-state index >= 15 is 0 Å². The van der Waals surface area contributed by atoms with Crippen molar-refractivity contribution in [2.75, 3.05) is 13.2 Å². The topological polar surface area (TPSA) is 110 Å². The van der Waals surface area contributed by atoms with Crippen LogP contribution in [0.4, 0.5) is 0 Å². The second-order valence-electron chi connectivity index (χ2n) is 10.5. The van der Waals surface area contributed by atoms with Crippen LogP contribution in [0, 0.1) is 0 Å². The highest BCUT2D eigenvalue weighted by Crippen LogP contribution is 2.19. The summed E-state index contributed by atoms with van der Waals surface area (Å²) < 4.78 is 10.2. The third-order valence-electron chi connectivity index (χ3n) is 6.79. The van der Waals surface area contributed by atoms with Crippen LogP contribution in [0.3, 0.4) is 0 Å². The van der Waals surface area contributed by atoms with E-state index in [0.29, 0.717) is 12.8 Å². The number of ether oxygens (including phenoxy) is 2. The molecule has 0 aliphatic carbocycles.